The first-order valence-electron chi connectivity index (χ1n) is 9.81. The lowest BCUT2D eigenvalue weighted by molar-refractivity contribution is 0.0694. The van der Waals surface area contributed by atoms with Crippen molar-refractivity contribution in [3.8, 4) is 22.8 Å². The third-order valence-electron chi connectivity index (χ3n) is 5.05. The Kier molecular flexibility index (Phi) is 6.07. The van der Waals surface area contributed by atoms with Gasteiger partial charge in [0.25, 0.3) is 0 Å². The van der Waals surface area contributed by atoms with Crippen molar-refractivity contribution in [1.29, 1.82) is 0 Å². The number of aromatic nitrogens is 1. The van der Waals surface area contributed by atoms with Gasteiger partial charge in [-0.15, -0.1) is 0 Å². The highest BCUT2D eigenvalue weighted by atomic mass is 16.5. The summed E-state index contributed by atoms with van der Waals surface area (Å²) >= 11 is 0. The first-order valence-corrected chi connectivity index (χ1v) is 9.81. The molecular weight excluding hydrogens is 388 g/mol. The fourth-order valence-electron chi connectivity index (χ4n) is 3.52. The van der Waals surface area contributed by atoms with Gasteiger partial charge < -0.3 is 24.3 Å². The van der Waals surface area contributed by atoms with E-state index in [2.05, 4.69) is 5.01 Å². The molecule has 0 saturated carbocycles. The van der Waals surface area contributed by atoms with Crippen molar-refractivity contribution in [1.82, 2.24) is 4.68 Å². The molecule has 2 aromatic rings. The van der Waals surface area contributed by atoms with E-state index in [1.165, 1.54) is 12.3 Å². The summed E-state index contributed by atoms with van der Waals surface area (Å²) in [6.45, 7) is 7.80. The Hall–Kier alpha value is -3.00. The fraction of sp³-hybridized carbons (Fsp3) is 0.455. The van der Waals surface area contributed by atoms with Crippen LogP contribution in [0.25, 0.3) is 11.3 Å². The molecule has 2 heterocycles. The van der Waals surface area contributed by atoms with Crippen molar-refractivity contribution in [2.45, 2.75) is 39.3 Å². The molecule has 0 fully saturated rings. The summed E-state index contributed by atoms with van der Waals surface area (Å²) < 4.78 is 18.3. The average molecular weight is 417 g/mol. The molecule has 30 heavy (non-hydrogen) atoms. The highest BCUT2D eigenvalue weighted by Crippen LogP contribution is 2.39. The standard InChI is InChI=1S/C22H28N2O6/c1-22(2,3)24-12-14-9-20(30-8-6-7-28-4)19(29-5)10-15(14)17-11-18(25)16(21(26)27)13-23(17)24/h9-11,13H,6-8,12H2,1-5H3,(H,26,27)/p+1. The second-order valence-corrected chi connectivity index (χ2v) is 8.19. The van der Waals surface area contributed by atoms with E-state index >= 15 is 0 Å². The maximum atomic E-state index is 12.5. The Balaban J connectivity index is 2.14. The van der Waals surface area contributed by atoms with Gasteiger partial charge in [0.05, 0.1) is 32.2 Å². The van der Waals surface area contributed by atoms with Crippen LogP contribution in [0.5, 0.6) is 11.5 Å². The number of nitrogens with zero attached hydrogens (tertiary/aromatic N) is 2. The second kappa shape index (κ2) is 8.39. The summed E-state index contributed by atoms with van der Waals surface area (Å²) in [7, 11) is 3.22. The summed E-state index contributed by atoms with van der Waals surface area (Å²) in [4.78, 5) is 24.1. The summed E-state index contributed by atoms with van der Waals surface area (Å²) in [5.74, 6) is 0.206. The zero-order valence-corrected chi connectivity index (χ0v) is 18.1. The van der Waals surface area contributed by atoms with Gasteiger partial charge in [-0.2, -0.15) is 0 Å². The largest absolute Gasteiger partial charge is 0.561 e. The van der Waals surface area contributed by atoms with Crippen LogP contribution in [0.4, 0.5) is 0 Å². The predicted octanol–water partition coefficient (Wildman–Crippen LogP) is 2.05. The molecule has 1 aromatic carbocycles. The van der Waals surface area contributed by atoms with Gasteiger partial charge >= 0.3 is 5.97 Å². The van der Waals surface area contributed by atoms with E-state index in [4.69, 9.17) is 19.3 Å². The highest BCUT2D eigenvalue weighted by Gasteiger charge is 2.32. The van der Waals surface area contributed by atoms with Gasteiger partial charge in [0.1, 0.15) is 0 Å². The van der Waals surface area contributed by atoms with E-state index in [1.54, 1.807) is 18.9 Å². The molecule has 0 radical (unpaired) electrons. The Bertz CT molecular complexity index is 1010. The number of hydrogen-bond donors (Lipinski definition) is 0. The van der Waals surface area contributed by atoms with Crippen LogP contribution in [0, 0.1) is 0 Å². The highest BCUT2D eigenvalue weighted by molar-refractivity contribution is 5.88. The quantitative estimate of drug-likeness (QED) is 0.506. The lowest BCUT2D eigenvalue weighted by atomic mass is 9.97. The molecule has 0 bridgehead atoms. The van der Waals surface area contributed by atoms with Crippen LogP contribution >= 0.6 is 0 Å². The number of methoxy groups -OCH3 is 2. The molecule has 8 heteroatoms. The first kappa shape index (κ1) is 21.7. The number of carbonyl (C=O) groups is 1. The monoisotopic (exact) mass is 417 g/mol. The molecule has 1 aromatic heterocycles. The number of ether oxygens (including phenoxy) is 3. The maximum absolute atomic E-state index is 12.5. The SMILES string of the molecule is COCCCOc1cc2c(cc1OC)-c1cc(=O)c(C(=O)[OH2+])cn1N(C(C)(C)C)C2. The van der Waals surface area contributed by atoms with E-state index in [1.807, 2.05) is 32.9 Å². The Morgan fingerprint density at radius 1 is 1.13 bits per heavy atom. The minimum absolute atomic E-state index is 0.151. The molecule has 1 aliphatic heterocycles. The molecule has 0 atom stereocenters. The number of hydrogen-bond acceptors (Lipinski definition) is 6. The average Bonchev–Trinajstić information content (AvgIpc) is 2.68. The van der Waals surface area contributed by atoms with E-state index in [-0.39, 0.29) is 11.1 Å². The smallest absolute Gasteiger partial charge is 0.554 e. The second-order valence-electron chi connectivity index (χ2n) is 8.19. The summed E-state index contributed by atoms with van der Waals surface area (Å²) in [5, 5.41) is 9.47. The first-order chi connectivity index (χ1) is 14.2. The van der Waals surface area contributed by atoms with Gasteiger partial charge in [-0.05, 0) is 38.5 Å². The molecule has 1 aliphatic rings. The van der Waals surface area contributed by atoms with Crippen molar-refractivity contribution in [3.63, 3.8) is 0 Å². The molecule has 0 unspecified atom stereocenters. The van der Waals surface area contributed by atoms with Crippen LogP contribution in [0.3, 0.4) is 0 Å². The van der Waals surface area contributed by atoms with Gasteiger partial charge in [-0.3, -0.25) is 9.47 Å². The van der Waals surface area contributed by atoms with E-state index in [0.717, 1.165) is 17.5 Å². The van der Waals surface area contributed by atoms with Crippen molar-refractivity contribution in [2.75, 3.05) is 32.4 Å². The van der Waals surface area contributed by atoms with E-state index < -0.39 is 11.4 Å². The zero-order chi connectivity index (χ0) is 22.1. The van der Waals surface area contributed by atoms with Crippen molar-refractivity contribution >= 4 is 5.97 Å². The molecular formula is C22H29N2O6+. The third kappa shape index (κ3) is 4.14. The number of pyridine rings is 1. The Labute approximate surface area is 175 Å². The van der Waals surface area contributed by atoms with Gasteiger partial charge in [0.15, 0.2) is 17.1 Å². The molecule has 2 N–H and O–H groups in total. The maximum Gasteiger partial charge on any atom is 0.554 e. The van der Waals surface area contributed by atoms with Crippen molar-refractivity contribution < 1.29 is 24.1 Å². The molecule has 0 saturated heterocycles. The third-order valence-corrected chi connectivity index (χ3v) is 5.05. The lowest BCUT2D eigenvalue weighted by Crippen LogP contribution is -2.51. The van der Waals surface area contributed by atoms with Crippen LogP contribution in [0.1, 0.15) is 43.1 Å². The van der Waals surface area contributed by atoms with E-state index in [9.17, 15) is 9.59 Å². The molecule has 0 amide bonds. The van der Waals surface area contributed by atoms with Crippen LogP contribution in [0.15, 0.2) is 29.2 Å². The normalized spacial score (nSPS) is 12.9. The summed E-state index contributed by atoms with van der Waals surface area (Å²) in [6, 6.07) is 5.21. The van der Waals surface area contributed by atoms with Gasteiger partial charge in [0.2, 0.25) is 5.43 Å². The molecule has 0 aliphatic carbocycles. The fourth-order valence-corrected chi connectivity index (χ4v) is 3.52. The van der Waals surface area contributed by atoms with Crippen LogP contribution in [0.2, 0.25) is 0 Å². The van der Waals surface area contributed by atoms with Crippen LogP contribution in [-0.2, 0) is 11.3 Å². The number of benzene rings is 1. The van der Waals surface area contributed by atoms with Gasteiger partial charge in [0, 0.05) is 42.1 Å². The van der Waals surface area contributed by atoms with Crippen molar-refractivity contribution in [2.24, 2.45) is 0 Å². The lowest BCUT2D eigenvalue weighted by Gasteiger charge is -2.43. The molecule has 3 rings (SSSR count). The minimum Gasteiger partial charge on any atom is -0.561 e. The summed E-state index contributed by atoms with van der Waals surface area (Å²) in [6.07, 6.45) is 2.22. The summed E-state index contributed by atoms with van der Waals surface area (Å²) in [5.41, 5.74) is 1.53. The zero-order valence-electron chi connectivity index (χ0n) is 18.1. The van der Waals surface area contributed by atoms with Gasteiger partial charge in [-0.25, -0.2) is 0 Å². The number of carbonyl (C=O) groups excluding carboxylic acids is 1. The number of rotatable bonds is 7. The topological polar surface area (TPSA) is 92.9 Å². The molecule has 162 valence electrons. The Morgan fingerprint density at radius 2 is 1.87 bits per heavy atom. The van der Waals surface area contributed by atoms with Crippen LogP contribution in [-0.4, -0.2) is 48.7 Å². The minimum atomic E-state index is -0.993. The van der Waals surface area contributed by atoms with Crippen LogP contribution < -0.4 is 19.9 Å². The molecule has 8 nitrogen and oxygen atoms in total. The van der Waals surface area contributed by atoms with E-state index in [0.29, 0.717) is 37.0 Å². The Morgan fingerprint density at radius 3 is 2.47 bits per heavy atom. The predicted molar refractivity (Wildman–Crippen MR) is 114 cm³/mol. The molecule has 0 spiro atoms. The van der Waals surface area contributed by atoms with Crippen molar-refractivity contribution in [3.05, 3.63) is 45.7 Å². The number of fused-ring (bicyclic) bond motifs is 3. The van der Waals surface area contributed by atoms with Gasteiger partial charge in [-0.1, -0.05) is 0 Å².